The van der Waals surface area contributed by atoms with E-state index in [1.165, 1.54) is 6.33 Å². The van der Waals surface area contributed by atoms with Gasteiger partial charge in [-0.3, -0.25) is 9.48 Å². The Morgan fingerprint density at radius 3 is 2.79 bits per heavy atom. The van der Waals surface area contributed by atoms with Crippen LogP contribution in [0, 0.1) is 12.8 Å². The highest BCUT2D eigenvalue weighted by Crippen LogP contribution is 2.26. The van der Waals surface area contributed by atoms with Gasteiger partial charge in [-0.15, -0.1) is 0 Å². The van der Waals surface area contributed by atoms with Crippen LogP contribution in [0.1, 0.15) is 44.7 Å². The predicted molar refractivity (Wildman–Crippen MR) is 90.2 cm³/mol. The van der Waals surface area contributed by atoms with E-state index in [0.717, 1.165) is 37.9 Å². The van der Waals surface area contributed by atoms with Crippen LogP contribution in [0.5, 0.6) is 0 Å². The topological polar surface area (TPSA) is 68.8 Å². The minimum absolute atomic E-state index is 0.143. The minimum Gasteiger partial charge on any atom is -0.336 e. The van der Waals surface area contributed by atoms with Crippen LogP contribution in [0.4, 0.5) is 0 Å². The smallest absolute Gasteiger partial charge is 0.248 e. The quantitative estimate of drug-likeness (QED) is 0.841. The summed E-state index contributed by atoms with van der Waals surface area (Å²) in [5.74, 6) is 0.304. The molecule has 2 aromatic heterocycles. The summed E-state index contributed by atoms with van der Waals surface area (Å²) in [6.07, 6.45) is 10.3. The maximum Gasteiger partial charge on any atom is 0.248 e. The van der Waals surface area contributed by atoms with Crippen molar-refractivity contribution in [2.45, 2.75) is 58.7 Å². The fourth-order valence-corrected chi connectivity index (χ4v) is 3.50. The lowest BCUT2D eigenvalue weighted by atomic mass is 9.97. The Morgan fingerprint density at radius 2 is 2.17 bits per heavy atom. The van der Waals surface area contributed by atoms with E-state index >= 15 is 0 Å². The van der Waals surface area contributed by atoms with Gasteiger partial charge in [0.25, 0.3) is 0 Å². The number of piperidine rings is 1. The molecule has 2 atom stereocenters. The molecule has 7 nitrogen and oxygen atoms in total. The summed E-state index contributed by atoms with van der Waals surface area (Å²) in [5, 5.41) is 8.59. The fraction of sp³-hybridized carbons (Fsp3) is 0.647. The molecule has 1 fully saturated rings. The third-order valence-corrected chi connectivity index (χ3v) is 4.68. The Bertz CT molecular complexity index is 662. The van der Waals surface area contributed by atoms with Crippen LogP contribution in [-0.4, -0.2) is 47.9 Å². The van der Waals surface area contributed by atoms with Crippen LogP contribution in [0.3, 0.4) is 0 Å². The van der Waals surface area contributed by atoms with Crippen molar-refractivity contribution in [1.82, 2.24) is 29.4 Å². The van der Waals surface area contributed by atoms with E-state index in [1.54, 1.807) is 11.0 Å². The van der Waals surface area contributed by atoms with E-state index in [4.69, 9.17) is 0 Å². The highest BCUT2D eigenvalue weighted by molar-refractivity contribution is 5.81. The molecule has 0 aromatic carbocycles. The predicted octanol–water partition coefficient (Wildman–Crippen LogP) is 2.06. The first-order valence-electron chi connectivity index (χ1n) is 8.70. The lowest BCUT2D eigenvalue weighted by Gasteiger charge is -2.38. The number of aromatic nitrogens is 5. The third-order valence-electron chi connectivity index (χ3n) is 4.68. The van der Waals surface area contributed by atoms with Gasteiger partial charge in [0.05, 0.1) is 18.8 Å². The van der Waals surface area contributed by atoms with Crippen molar-refractivity contribution < 1.29 is 4.79 Å². The maximum absolute atomic E-state index is 13.3. The van der Waals surface area contributed by atoms with E-state index in [9.17, 15) is 4.79 Å². The molecular formula is C17H26N6O. The van der Waals surface area contributed by atoms with Crippen LogP contribution in [0.25, 0.3) is 0 Å². The second-order valence-corrected chi connectivity index (χ2v) is 6.99. The molecule has 130 valence electrons. The molecule has 1 aliphatic heterocycles. The van der Waals surface area contributed by atoms with E-state index in [2.05, 4.69) is 29.0 Å². The zero-order valence-corrected chi connectivity index (χ0v) is 14.7. The summed E-state index contributed by atoms with van der Waals surface area (Å²) in [7, 11) is 0. The van der Waals surface area contributed by atoms with Crippen molar-refractivity contribution in [2.75, 3.05) is 6.54 Å². The highest BCUT2D eigenvalue weighted by atomic mass is 16.2. The first kappa shape index (κ1) is 16.7. The number of carbonyl (C=O) groups is 1. The Kier molecular flexibility index (Phi) is 4.97. The monoisotopic (exact) mass is 330 g/mol. The van der Waals surface area contributed by atoms with Gasteiger partial charge < -0.3 is 4.90 Å². The summed E-state index contributed by atoms with van der Waals surface area (Å²) in [4.78, 5) is 19.3. The van der Waals surface area contributed by atoms with Crippen molar-refractivity contribution >= 4 is 5.91 Å². The Balaban J connectivity index is 1.79. The molecule has 3 heterocycles. The maximum atomic E-state index is 13.3. The third kappa shape index (κ3) is 3.49. The second-order valence-electron chi connectivity index (χ2n) is 6.99. The molecule has 0 bridgehead atoms. The van der Waals surface area contributed by atoms with Gasteiger partial charge in [-0.25, -0.2) is 9.67 Å². The SMILES string of the molecule is Cc1cnn(C[C@H]2CCCCN2C(=O)[C@@H](C(C)C)n2cncn2)c1. The molecule has 1 amide bonds. The average Bonchev–Trinajstić information content (AvgIpc) is 3.20. The molecule has 7 heteroatoms. The van der Waals surface area contributed by atoms with E-state index in [-0.39, 0.29) is 23.9 Å². The minimum atomic E-state index is -0.299. The first-order chi connectivity index (χ1) is 11.6. The molecule has 0 saturated carbocycles. The lowest BCUT2D eigenvalue weighted by Crippen LogP contribution is -2.49. The number of carbonyl (C=O) groups excluding carboxylic acids is 1. The molecule has 1 aliphatic rings. The van der Waals surface area contributed by atoms with Gasteiger partial charge >= 0.3 is 0 Å². The number of amides is 1. The summed E-state index contributed by atoms with van der Waals surface area (Å²) in [6, 6.07) is -0.109. The molecule has 3 rings (SSSR count). The van der Waals surface area contributed by atoms with Gasteiger partial charge in [-0.05, 0) is 37.7 Å². The number of hydrogen-bond donors (Lipinski definition) is 0. The van der Waals surface area contributed by atoms with Gasteiger partial charge in [0, 0.05) is 12.7 Å². The summed E-state index contributed by atoms with van der Waals surface area (Å²) in [6.45, 7) is 7.70. The van der Waals surface area contributed by atoms with Crippen molar-refractivity contribution in [3.63, 3.8) is 0 Å². The zero-order valence-electron chi connectivity index (χ0n) is 14.7. The van der Waals surface area contributed by atoms with Crippen molar-refractivity contribution in [2.24, 2.45) is 5.92 Å². The van der Waals surface area contributed by atoms with Crippen LogP contribution in [-0.2, 0) is 11.3 Å². The fourth-order valence-electron chi connectivity index (χ4n) is 3.50. The van der Waals surface area contributed by atoms with Crippen LogP contribution >= 0.6 is 0 Å². The second kappa shape index (κ2) is 7.15. The van der Waals surface area contributed by atoms with Crippen molar-refractivity contribution in [3.8, 4) is 0 Å². The number of rotatable bonds is 5. The van der Waals surface area contributed by atoms with Crippen LogP contribution in [0.2, 0.25) is 0 Å². The molecule has 0 aliphatic carbocycles. The Hall–Kier alpha value is -2.18. The van der Waals surface area contributed by atoms with Gasteiger partial charge in [0.2, 0.25) is 5.91 Å². The Labute approximate surface area is 142 Å². The first-order valence-corrected chi connectivity index (χ1v) is 8.70. The normalized spacial score (nSPS) is 19.7. The zero-order chi connectivity index (χ0) is 17.1. The summed E-state index contributed by atoms with van der Waals surface area (Å²) < 4.78 is 3.64. The molecule has 1 saturated heterocycles. The summed E-state index contributed by atoms with van der Waals surface area (Å²) >= 11 is 0. The highest BCUT2D eigenvalue weighted by Gasteiger charge is 2.34. The number of aryl methyl sites for hydroxylation is 1. The molecule has 0 radical (unpaired) electrons. The van der Waals surface area contributed by atoms with Crippen LogP contribution < -0.4 is 0 Å². The molecular weight excluding hydrogens is 304 g/mol. The van der Waals surface area contributed by atoms with Gasteiger partial charge in [-0.1, -0.05) is 13.8 Å². The standard InChI is InChI=1S/C17H26N6O/c1-13(2)16(23-12-18-11-20-23)17(24)22-7-5-4-6-15(22)10-21-9-14(3)8-19-21/h8-9,11-13,15-16H,4-7,10H2,1-3H3/t15-,16-/m1/s1. The molecule has 0 N–H and O–H groups in total. The van der Waals surface area contributed by atoms with Crippen molar-refractivity contribution in [3.05, 3.63) is 30.6 Å². The van der Waals surface area contributed by atoms with Gasteiger partial charge in [-0.2, -0.15) is 10.2 Å². The Morgan fingerprint density at radius 1 is 1.33 bits per heavy atom. The van der Waals surface area contributed by atoms with E-state index in [0.29, 0.717) is 0 Å². The molecule has 0 unspecified atom stereocenters. The molecule has 24 heavy (non-hydrogen) atoms. The number of nitrogens with zero attached hydrogens (tertiary/aromatic N) is 6. The molecule has 0 spiro atoms. The number of hydrogen-bond acceptors (Lipinski definition) is 4. The largest absolute Gasteiger partial charge is 0.336 e. The van der Waals surface area contributed by atoms with Gasteiger partial charge in [0.1, 0.15) is 18.7 Å². The average molecular weight is 330 g/mol. The van der Waals surface area contributed by atoms with Crippen molar-refractivity contribution in [1.29, 1.82) is 0 Å². The van der Waals surface area contributed by atoms with E-state index in [1.807, 2.05) is 28.9 Å². The van der Waals surface area contributed by atoms with Gasteiger partial charge in [0.15, 0.2) is 0 Å². The van der Waals surface area contributed by atoms with E-state index < -0.39 is 0 Å². The number of likely N-dealkylation sites (tertiary alicyclic amines) is 1. The van der Waals surface area contributed by atoms with Crippen LogP contribution in [0.15, 0.2) is 25.0 Å². The molecule has 2 aromatic rings. The summed E-state index contributed by atoms with van der Waals surface area (Å²) in [5.41, 5.74) is 1.14. The lowest BCUT2D eigenvalue weighted by molar-refractivity contribution is -0.140.